The Hall–Kier alpha value is -2.50. The SMILES string of the molecule is C[C@H](c1ccccn1)N(C)C(=O)CN1C(=O)[C@@H]2[C@@H](C1=O)[C@H]1C=C[C@H]2C1. The molecular formula is C19H21N3O3. The first-order valence-corrected chi connectivity index (χ1v) is 8.69. The molecule has 130 valence electrons. The molecule has 4 rings (SSSR count). The van der Waals surface area contributed by atoms with E-state index in [9.17, 15) is 14.4 Å². The molecule has 1 saturated heterocycles. The van der Waals surface area contributed by atoms with Crippen LogP contribution in [0.15, 0.2) is 36.5 Å². The minimum Gasteiger partial charge on any atom is -0.336 e. The fourth-order valence-corrected chi connectivity index (χ4v) is 4.40. The van der Waals surface area contributed by atoms with Gasteiger partial charge in [0.25, 0.3) is 0 Å². The van der Waals surface area contributed by atoms with Crippen LogP contribution in [-0.2, 0) is 14.4 Å². The van der Waals surface area contributed by atoms with E-state index in [1.165, 1.54) is 4.90 Å². The first-order valence-electron chi connectivity index (χ1n) is 8.69. The number of nitrogens with zero attached hydrogens (tertiary/aromatic N) is 3. The van der Waals surface area contributed by atoms with Gasteiger partial charge in [0.2, 0.25) is 17.7 Å². The van der Waals surface area contributed by atoms with Crippen LogP contribution in [0.1, 0.15) is 25.1 Å². The van der Waals surface area contributed by atoms with Crippen LogP contribution in [0.4, 0.5) is 0 Å². The molecule has 2 heterocycles. The van der Waals surface area contributed by atoms with Crippen molar-refractivity contribution in [1.82, 2.24) is 14.8 Å². The van der Waals surface area contributed by atoms with E-state index in [2.05, 4.69) is 17.1 Å². The molecule has 2 fully saturated rings. The van der Waals surface area contributed by atoms with Crippen molar-refractivity contribution < 1.29 is 14.4 Å². The number of allylic oxidation sites excluding steroid dienone is 2. The molecule has 1 saturated carbocycles. The van der Waals surface area contributed by atoms with Gasteiger partial charge in [-0.3, -0.25) is 24.3 Å². The lowest BCUT2D eigenvalue weighted by Gasteiger charge is -2.26. The topological polar surface area (TPSA) is 70.6 Å². The van der Waals surface area contributed by atoms with Crippen LogP contribution in [0.2, 0.25) is 0 Å². The first-order chi connectivity index (χ1) is 12.0. The predicted octanol–water partition coefficient (Wildman–Crippen LogP) is 1.41. The van der Waals surface area contributed by atoms with Gasteiger partial charge in [-0.15, -0.1) is 0 Å². The summed E-state index contributed by atoms with van der Waals surface area (Å²) >= 11 is 0. The average molecular weight is 339 g/mol. The summed E-state index contributed by atoms with van der Waals surface area (Å²) in [6.45, 7) is 1.70. The van der Waals surface area contributed by atoms with Gasteiger partial charge in [-0.1, -0.05) is 18.2 Å². The molecule has 1 aliphatic heterocycles. The minimum atomic E-state index is -0.256. The van der Waals surface area contributed by atoms with Gasteiger partial charge in [0.1, 0.15) is 6.54 Å². The molecule has 0 unspecified atom stereocenters. The Bertz CT molecular complexity index is 730. The molecular weight excluding hydrogens is 318 g/mol. The number of hydrogen-bond acceptors (Lipinski definition) is 4. The summed E-state index contributed by atoms with van der Waals surface area (Å²) in [6.07, 6.45) is 6.68. The van der Waals surface area contributed by atoms with Crippen LogP contribution in [0.3, 0.4) is 0 Å². The molecule has 1 aromatic rings. The molecule has 0 aromatic carbocycles. The van der Waals surface area contributed by atoms with Crippen molar-refractivity contribution in [1.29, 1.82) is 0 Å². The molecule has 1 aromatic heterocycles. The highest BCUT2D eigenvalue weighted by Gasteiger charge is 2.59. The van der Waals surface area contributed by atoms with Gasteiger partial charge in [0.15, 0.2) is 0 Å². The van der Waals surface area contributed by atoms with Crippen LogP contribution >= 0.6 is 0 Å². The van der Waals surface area contributed by atoms with E-state index < -0.39 is 0 Å². The normalized spacial score (nSPS) is 30.7. The first kappa shape index (κ1) is 16.0. The van der Waals surface area contributed by atoms with Gasteiger partial charge in [-0.05, 0) is 37.3 Å². The zero-order valence-corrected chi connectivity index (χ0v) is 14.3. The highest BCUT2D eigenvalue weighted by molar-refractivity contribution is 6.08. The predicted molar refractivity (Wildman–Crippen MR) is 89.9 cm³/mol. The highest BCUT2D eigenvalue weighted by Crippen LogP contribution is 2.52. The van der Waals surface area contributed by atoms with Crippen molar-refractivity contribution in [3.63, 3.8) is 0 Å². The Kier molecular flexibility index (Phi) is 3.71. The van der Waals surface area contributed by atoms with Crippen LogP contribution in [0, 0.1) is 23.7 Å². The van der Waals surface area contributed by atoms with Crippen molar-refractivity contribution >= 4 is 17.7 Å². The van der Waals surface area contributed by atoms with Crippen molar-refractivity contribution in [2.75, 3.05) is 13.6 Å². The second-order valence-corrected chi connectivity index (χ2v) is 7.20. The molecule has 2 aliphatic carbocycles. The van der Waals surface area contributed by atoms with Crippen LogP contribution in [-0.4, -0.2) is 46.1 Å². The Morgan fingerprint density at radius 2 is 1.88 bits per heavy atom. The lowest BCUT2D eigenvalue weighted by Crippen LogP contribution is -2.43. The summed E-state index contributed by atoms with van der Waals surface area (Å²) < 4.78 is 0. The smallest absolute Gasteiger partial charge is 0.243 e. The molecule has 0 radical (unpaired) electrons. The highest BCUT2D eigenvalue weighted by atomic mass is 16.2. The van der Waals surface area contributed by atoms with Gasteiger partial charge in [-0.25, -0.2) is 0 Å². The molecule has 5 atom stereocenters. The Balaban J connectivity index is 1.46. The second kappa shape index (κ2) is 5.79. The van der Waals surface area contributed by atoms with Crippen LogP contribution in [0.5, 0.6) is 0 Å². The number of carbonyl (C=O) groups excluding carboxylic acids is 3. The number of pyridine rings is 1. The number of aromatic nitrogens is 1. The summed E-state index contributed by atoms with van der Waals surface area (Å²) in [6, 6.07) is 5.32. The Labute approximate surface area is 146 Å². The zero-order valence-electron chi connectivity index (χ0n) is 14.3. The van der Waals surface area contributed by atoms with E-state index in [0.717, 1.165) is 12.1 Å². The number of likely N-dealkylation sites (N-methyl/N-ethyl adjacent to an activating group) is 1. The van der Waals surface area contributed by atoms with Crippen LogP contribution < -0.4 is 0 Å². The molecule has 3 amide bonds. The fraction of sp³-hybridized carbons (Fsp3) is 0.474. The second-order valence-electron chi connectivity index (χ2n) is 7.20. The van der Waals surface area contributed by atoms with Crippen LogP contribution in [0.25, 0.3) is 0 Å². The summed E-state index contributed by atoms with van der Waals surface area (Å²) in [5.74, 6) is -0.797. The zero-order chi connectivity index (χ0) is 17.7. The van der Waals surface area contributed by atoms with Crippen molar-refractivity contribution in [2.45, 2.75) is 19.4 Å². The summed E-state index contributed by atoms with van der Waals surface area (Å²) in [5, 5.41) is 0. The average Bonchev–Trinajstić information content (AvgIpc) is 3.31. The van der Waals surface area contributed by atoms with Crippen molar-refractivity contribution in [3.05, 3.63) is 42.2 Å². The summed E-state index contributed by atoms with van der Waals surface area (Å²) in [5.41, 5.74) is 0.775. The largest absolute Gasteiger partial charge is 0.336 e. The van der Waals surface area contributed by atoms with E-state index in [-0.39, 0.29) is 54.0 Å². The van der Waals surface area contributed by atoms with E-state index in [1.807, 2.05) is 25.1 Å². The van der Waals surface area contributed by atoms with Gasteiger partial charge >= 0.3 is 0 Å². The number of imide groups is 1. The number of amides is 3. The third-order valence-corrected chi connectivity index (χ3v) is 5.95. The third kappa shape index (κ3) is 2.39. The maximum absolute atomic E-state index is 12.7. The molecule has 6 heteroatoms. The van der Waals surface area contributed by atoms with Gasteiger partial charge < -0.3 is 4.90 Å². The lowest BCUT2D eigenvalue weighted by atomic mass is 9.85. The van der Waals surface area contributed by atoms with Gasteiger partial charge in [-0.2, -0.15) is 0 Å². The van der Waals surface area contributed by atoms with Crippen molar-refractivity contribution in [2.24, 2.45) is 23.7 Å². The number of hydrogen-bond donors (Lipinski definition) is 0. The maximum Gasteiger partial charge on any atom is 0.243 e. The number of rotatable bonds is 4. The molecule has 0 N–H and O–H groups in total. The number of fused-ring (bicyclic) bond motifs is 5. The number of likely N-dealkylation sites (tertiary alicyclic amines) is 1. The molecule has 2 bridgehead atoms. The standard InChI is InChI=1S/C19H21N3O3/c1-11(14-5-3-4-8-20-14)21(2)15(23)10-22-18(24)16-12-6-7-13(9-12)17(16)19(22)25/h3-8,11-13,16-17H,9-10H2,1-2H3/t11-,12+,13+,16+,17+/m1/s1. The number of carbonyl (C=O) groups is 3. The summed E-state index contributed by atoms with van der Waals surface area (Å²) in [7, 11) is 1.68. The Morgan fingerprint density at radius 3 is 2.44 bits per heavy atom. The van der Waals surface area contributed by atoms with E-state index >= 15 is 0 Å². The molecule has 3 aliphatic rings. The quantitative estimate of drug-likeness (QED) is 0.614. The molecule has 6 nitrogen and oxygen atoms in total. The Morgan fingerprint density at radius 1 is 1.24 bits per heavy atom. The fourth-order valence-electron chi connectivity index (χ4n) is 4.40. The molecule has 25 heavy (non-hydrogen) atoms. The van der Waals surface area contributed by atoms with Gasteiger partial charge in [0.05, 0.1) is 23.6 Å². The van der Waals surface area contributed by atoms with E-state index in [4.69, 9.17) is 0 Å². The van der Waals surface area contributed by atoms with E-state index in [0.29, 0.717) is 0 Å². The molecule has 0 spiro atoms. The van der Waals surface area contributed by atoms with E-state index in [1.54, 1.807) is 18.1 Å². The van der Waals surface area contributed by atoms with Gasteiger partial charge in [0, 0.05) is 13.2 Å². The minimum absolute atomic E-state index is 0.164. The van der Waals surface area contributed by atoms with Crippen molar-refractivity contribution in [3.8, 4) is 0 Å². The summed E-state index contributed by atoms with van der Waals surface area (Å²) in [4.78, 5) is 45.0. The third-order valence-electron chi connectivity index (χ3n) is 5.95. The maximum atomic E-state index is 12.7. The monoisotopic (exact) mass is 339 g/mol. The lowest BCUT2D eigenvalue weighted by molar-refractivity contribution is -0.147.